The number of hydrogen-bond donors (Lipinski definition) is 3. The van der Waals surface area contributed by atoms with Crippen LogP contribution in [-0.4, -0.2) is 38.6 Å². The fourth-order valence-electron chi connectivity index (χ4n) is 2.63. The molecule has 0 heterocycles. The molecular weight excluding hydrogens is 328 g/mol. The van der Waals surface area contributed by atoms with Crippen LogP contribution in [0.3, 0.4) is 0 Å². The SMILES string of the molecule is Cc1c(C)c(C)c(S(=O)(=O)NCCC(=O)NC(C)CO)c(C)c1C. The van der Waals surface area contributed by atoms with E-state index in [-0.39, 0.29) is 31.5 Å². The molecule has 1 unspecified atom stereocenters. The maximum absolute atomic E-state index is 12.7. The van der Waals surface area contributed by atoms with E-state index in [9.17, 15) is 13.2 Å². The lowest BCUT2D eigenvalue weighted by molar-refractivity contribution is -0.121. The average molecular weight is 356 g/mol. The van der Waals surface area contributed by atoms with Crippen molar-refractivity contribution in [3.63, 3.8) is 0 Å². The fourth-order valence-corrected chi connectivity index (χ4v) is 4.26. The van der Waals surface area contributed by atoms with E-state index in [4.69, 9.17) is 5.11 Å². The first-order chi connectivity index (χ1) is 11.0. The average Bonchev–Trinajstić information content (AvgIpc) is 2.50. The van der Waals surface area contributed by atoms with E-state index in [1.165, 1.54) is 0 Å². The number of rotatable bonds is 7. The maximum atomic E-state index is 12.7. The summed E-state index contributed by atoms with van der Waals surface area (Å²) in [6, 6.07) is -0.346. The Hall–Kier alpha value is -1.44. The van der Waals surface area contributed by atoms with Gasteiger partial charge in [0.05, 0.1) is 11.5 Å². The smallest absolute Gasteiger partial charge is 0.241 e. The van der Waals surface area contributed by atoms with Crippen molar-refractivity contribution in [3.05, 3.63) is 27.8 Å². The molecule has 0 aromatic heterocycles. The number of hydrogen-bond acceptors (Lipinski definition) is 4. The van der Waals surface area contributed by atoms with Crippen LogP contribution in [0.2, 0.25) is 0 Å². The van der Waals surface area contributed by atoms with E-state index in [0.717, 1.165) is 27.8 Å². The summed E-state index contributed by atoms with van der Waals surface area (Å²) < 4.78 is 27.8. The zero-order valence-electron chi connectivity index (χ0n) is 15.3. The zero-order chi connectivity index (χ0) is 18.7. The summed E-state index contributed by atoms with van der Waals surface area (Å²) >= 11 is 0. The third kappa shape index (κ3) is 4.55. The summed E-state index contributed by atoms with van der Waals surface area (Å²) in [5.74, 6) is -0.302. The Morgan fingerprint density at radius 2 is 1.46 bits per heavy atom. The van der Waals surface area contributed by atoms with E-state index in [1.54, 1.807) is 20.8 Å². The van der Waals surface area contributed by atoms with Crippen LogP contribution >= 0.6 is 0 Å². The van der Waals surface area contributed by atoms with Gasteiger partial charge in [-0.2, -0.15) is 0 Å². The Morgan fingerprint density at radius 1 is 1.00 bits per heavy atom. The molecule has 0 spiro atoms. The monoisotopic (exact) mass is 356 g/mol. The van der Waals surface area contributed by atoms with Gasteiger partial charge in [-0.15, -0.1) is 0 Å². The topological polar surface area (TPSA) is 95.5 Å². The standard InChI is InChI=1S/C17H28N2O4S/c1-10(9-20)19-16(21)7-8-18-24(22,23)17-14(5)12(3)11(2)13(4)15(17)6/h10,18,20H,7-9H2,1-6H3,(H,19,21). The molecule has 0 radical (unpaired) electrons. The lowest BCUT2D eigenvalue weighted by Crippen LogP contribution is -2.37. The van der Waals surface area contributed by atoms with Gasteiger partial charge in [0, 0.05) is 19.0 Å². The predicted molar refractivity (Wildman–Crippen MR) is 94.6 cm³/mol. The second-order valence-corrected chi connectivity index (χ2v) is 7.96. The molecule has 3 N–H and O–H groups in total. The normalized spacial score (nSPS) is 13.0. The lowest BCUT2D eigenvalue weighted by atomic mass is 9.95. The molecule has 0 aliphatic heterocycles. The molecule has 1 atom stereocenters. The number of benzene rings is 1. The van der Waals surface area contributed by atoms with Crippen LogP contribution < -0.4 is 10.0 Å². The third-order valence-corrected chi connectivity index (χ3v) is 6.26. The molecule has 1 aromatic rings. The van der Waals surface area contributed by atoms with Crippen LogP contribution in [0.5, 0.6) is 0 Å². The summed E-state index contributed by atoms with van der Waals surface area (Å²) in [4.78, 5) is 12.0. The summed E-state index contributed by atoms with van der Waals surface area (Å²) in [5.41, 5.74) is 4.50. The molecule has 24 heavy (non-hydrogen) atoms. The molecule has 0 saturated heterocycles. The van der Waals surface area contributed by atoms with Gasteiger partial charge in [-0.25, -0.2) is 13.1 Å². The van der Waals surface area contributed by atoms with Gasteiger partial charge in [-0.05, 0) is 69.4 Å². The summed E-state index contributed by atoms with van der Waals surface area (Å²) in [6.07, 6.45) is 0.0193. The molecule has 0 fully saturated rings. The Kier molecular flexibility index (Phi) is 6.95. The molecule has 1 rings (SSSR count). The maximum Gasteiger partial charge on any atom is 0.241 e. The molecule has 0 bridgehead atoms. The van der Waals surface area contributed by atoms with Crippen molar-refractivity contribution in [2.75, 3.05) is 13.2 Å². The minimum Gasteiger partial charge on any atom is -0.394 e. The molecule has 7 heteroatoms. The Morgan fingerprint density at radius 3 is 1.92 bits per heavy atom. The van der Waals surface area contributed by atoms with E-state index >= 15 is 0 Å². The molecule has 0 aliphatic carbocycles. The van der Waals surface area contributed by atoms with Gasteiger partial charge < -0.3 is 10.4 Å². The number of aliphatic hydroxyl groups excluding tert-OH is 1. The van der Waals surface area contributed by atoms with Crippen LogP contribution in [0, 0.1) is 34.6 Å². The lowest BCUT2D eigenvalue weighted by Gasteiger charge is -2.19. The summed E-state index contributed by atoms with van der Waals surface area (Å²) in [5, 5.41) is 11.5. The quantitative estimate of drug-likeness (QED) is 0.688. The number of nitrogens with one attached hydrogen (secondary N) is 2. The van der Waals surface area contributed by atoms with Gasteiger partial charge in [0.15, 0.2) is 0 Å². The number of sulfonamides is 1. The first-order valence-electron chi connectivity index (χ1n) is 7.99. The largest absolute Gasteiger partial charge is 0.394 e. The molecule has 136 valence electrons. The molecule has 0 saturated carbocycles. The summed E-state index contributed by atoms with van der Waals surface area (Å²) in [7, 11) is -3.69. The second kappa shape index (κ2) is 8.09. The van der Waals surface area contributed by atoms with E-state index in [1.807, 2.05) is 20.8 Å². The van der Waals surface area contributed by atoms with Crippen LogP contribution in [0.25, 0.3) is 0 Å². The minimum atomic E-state index is -3.69. The van der Waals surface area contributed by atoms with Crippen molar-refractivity contribution in [2.24, 2.45) is 0 Å². The molecule has 1 amide bonds. The highest BCUT2D eigenvalue weighted by Gasteiger charge is 2.23. The highest BCUT2D eigenvalue weighted by molar-refractivity contribution is 7.89. The van der Waals surface area contributed by atoms with Crippen molar-refractivity contribution >= 4 is 15.9 Å². The Bertz CT molecular complexity index is 698. The van der Waals surface area contributed by atoms with Gasteiger partial charge >= 0.3 is 0 Å². The van der Waals surface area contributed by atoms with Gasteiger partial charge in [-0.1, -0.05) is 0 Å². The van der Waals surface area contributed by atoms with Gasteiger partial charge in [0.1, 0.15) is 0 Å². The first-order valence-corrected chi connectivity index (χ1v) is 9.48. The van der Waals surface area contributed by atoms with Crippen LogP contribution in [0.15, 0.2) is 4.90 Å². The highest BCUT2D eigenvalue weighted by Crippen LogP contribution is 2.29. The summed E-state index contributed by atoms with van der Waals surface area (Å²) in [6.45, 7) is 11.0. The van der Waals surface area contributed by atoms with Crippen molar-refractivity contribution in [2.45, 2.75) is 58.9 Å². The number of carbonyl (C=O) groups is 1. The zero-order valence-corrected chi connectivity index (χ0v) is 16.1. The van der Waals surface area contributed by atoms with Gasteiger partial charge in [0.25, 0.3) is 0 Å². The number of carbonyl (C=O) groups excluding carboxylic acids is 1. The number of aliphatic hydroxyl groups is 1. The Balaban J connectivity index is 2.93. The molecule has 1 aromatic carbocycles. The van der Waals surface area contributed by atoms with E-state index < -0.39 is 10.0 Å². The fraction of sp³-hybridized carbons (Fsp3) is 0.588. The van der Waals surface area contributed by atoms with Crippen LogP contribution in [-0.2, 0) is 14.8 Å². The Labute approximate surface area is 144 Å². The van der Waals surface area contributed by atoms with Crippen LogP contribution in [0.4, 0.5) is 0 Å². The molecule has 0 aliphatic rings. The highest BCUT2D eigenvalue weighted by atomic mass is 32.2. The second-order valence-electron chi connectivity index (χ2n) is 6.25. The molecule has 6 nitrogen and oxygen atoms in total. The van der Waals surface area contributed by atoms with Crippen molar-refractivity contribution in [1.29, 1.82) is 0 Å². The van der Waals surface area contributed by atoms with Crippen molar-refractivity contribution < 1.29 is 18.3 Å². The van der Waals surface area contributed by atoms with E-state index in [0.29, 0.717) is 4.90 Å². The third-order valence-electron chi connectivity index (χ3n) is 4.53. The van der Waals surface area contributed by atoms with Crippen LogP contribution in [0.1, 0.15) is 41.2 Å². The van der Waals surface area contributed by atoms with Gasteiger partial charge in [0.2, 0.25) is 15.9 Å². The molecular formula is C17H28N2O4S. The van der Waals surface area contributed by atoms with Crippen molar-refractivity contribution in [3.8, 4) is 0 Å². The van der Waals surface area contributed by atoms with Gasteiger partial charge in [-0.3, -0.25) is 4.79 Å². The minimum absolute atomic E-state index is 0.0111. The van der Waals surface area contributed by atoms with E-state index in [2.05, 4.69) is 10.0 Å². The first kappa shape index (κ1) is 20.6. The van der Waals surface area contributed by atoms with Crippen molar-refractivity contribution in [1.82, 2.24) is 10.0 Å². The predicted octanol–water partition coefficient (Wildman–Crippen LogP) is 1.39. The number of amides is 1.